The Kier molecular flexibility index (Phi) is 6.97. The summed E-state index contributed by atoms with van der Waals surface area (Å²) in [6, 6.07) is 11.2. The van der Waals surface area contributed by atoms with Crippen LogP contribution in [0, 0.1) is 12.8 Å². The summed E-state index contributed by atoms with van der Waals surface area (Å²) in [5, 5.41) is 0. The molecule has 0 radical (unpaired) electrons. The van der Waals surface area contributed by atoms with Crippen molar-refractivity contribution in [1.82, 2.24) is 9.21 Å². The van der Waals surface area contributed by atoms with E-state index in [-0.39, 0.29) is 18.4 Å². The molecule has 2 heterocycles. The highest BCUT2D eigenvalue weighted by Crippen LogP contribution is 2.29. The molecular weight excluding hydrogens is 408 g/mol. The number of carbonyl (C=O) groups excluding carboxylic acids is 1. The third-order valence-electron chi connectivity index (χ3n) is 5.07. The van der Waals surface area contributed by atoms with Crippen LogP contribution in [0.25, 0.3) is 0 Å². The number of carbonyl (C=O) groups is 1. The van der Waals surface area contributed by atoms with Crippen molar-refractivity contribution in [1.29, 1.82) is 0 Å². The van der Waals surface area contributed by atoms with Gasteiger partial charge in [-0.15, -0.1) is 11.3 Å². The maximum absolute atomic E-state index is 13.0. The molecule has 1 saturated heterocycles. The van der Waals surface area contributed by atoms with Gasteiger partial charge in [-0.2, -0.15) is 4.31 Å². The van der Waals surface area contributed by atoms with Crippen LogP contribution in [0.4, 0.5) is 0 Å². The molecule has 1 amide bonds. The van der Waals surface area contributed by atoms with Crippen LogP contribution in [0.3, 0.4) is 0 Å². The smallest absolute Gasteiger partial charge is 0.252 e. The minimum Gasteiger partial charge on any atom is -0.494 e. The van der Waals surface area contributed by atoms with E-state index in [0.717, 1.165) is 16.2 Å². The predicted molar refractivity (Wildman–Crippen MR) is 115 cm³/mol. The van der Waals surface area contributed by atoms with Crippen molar-refractivity contribution in [2.24, 2.45) is 5.92 Å². The third-order valence-corrected chi connectivity index (χ3v) is 8.41. The summed E-state index contributed by atoms with van der Waals surface area (Å²) in [6.07, 6.45) is 1.40. The van der Waals surface area contributed by atoms with Gasteiger partial charge in [0.25, 0.3) is 10.0 Å². The zero-order valence-electron chi connectivity index (χ0n) is 17.1. The zero-order chi connectivity index (χ0) is 21.0. The van der Waals surface area contributed by atoms with E-state index in [4.69, 9.17) is 4.74 Å². The van der Waals surface area contributed by atoms with Crippen molar-refractivity contribution in [3.63, 3.8) is 0 Å². The molecular formula is C21H28N2O4S2. The van der Waals surface area contributed by atoms with Gasteiger partial charge in [0.05, 0.1) is 12.5 Å². The second-order valence-electron chi connectivity index (χ2n) is 7.34. The maximum Gasteiger partial charge on any atom is 0.252 e. The summed E-state index contributed by atoms with van der Waals surface area (Å²) in [6.45, 7) is 5.63. The quantitative estimate of drug-likeness (QED) is 0.666. The Morgan fingerprint density at radius 3 is 2.59 bits per heavy atom. The number of aryl methyl sites for hydroxylation is 1. The molecule has 0 spiro atoms. The van der Waals surface area contributed by atoms with Crippen molar-refractivity contribution in [3.8, 4) is 5.75 Å². The molecule has 1 aromatic carbocycles. The van der Waals surface area contributed by atoms with Gasteiger partial charge in [0.1, 0.15) is 9.96 Å². The van der Waals surface area contributed by atoms with Gasteiger partial charge in [-0.1, -0.05) is 12.1 Å². The monoisotopic (exact) mass is 436 g/mol. The minimum atomic E-state index is -3.54. The molecule has 0 bridgehead atoms. The van der Waals surface area contributed by atoms with E-state index in [2.05, 4.69) is 0 Å². The summed E-state index contributed by atoms with van der Waals surface area (Å²) in [4.78, 5) is 15.6. The van der Waals surface area contributed by atoms with Crippen molar-refractivity contribution in [2.45, 2.75) is 37.4 Å². The molecule has 1 aromatic heterocycles. The van der Waals surface area contributed by atoms with Crippen LogP contribution < -0.4 is 4.74 Å². The van der Waals surface area contributed by atoms with Gasteiger partial charge >= 0.3 is 0 Å². The molecule has 0 saturated carbocycles. The molecule has 1 fully saturated rings. The number of amides is 1. The number of benzene rings is 1. The van der Waals surface area contributed by atoms with E-state index in [1.165, 1.54) is 15.6 Å². The summed E-state index contributed by atoms with van der Waals surface area (Å²) in [7, 11) is -1.76. The molecule has 3 rings (SSSR count). The number of rotatable bonds is 7. The molecule has 0 aliphatic carbocycles. The lowest BCUT2D eigenvalue weighted by molar-refractivity contribution is -0.135. The van der Waals surface area contributed by atoms with Crippen molar-refractivity contribution in [2.75, 3.05) is 26.7 Å². The number of piperidine rings is 1. The normalized spacial score (nSPS) is 17.8. The van der Waals surface area contributed by atoms with Gasteiger partial charge in [-0.25, -0.2) is 8.42 Å². The highest BCUT2D eigenvalue weighted by atomic mass is 32.2. The average molecular weight is 437 g/mol. The van der Waals surface area contributed by atoms with Gasteiger partial charge in [0.15, 0.2) is 0 Å². The molecule has 0 N–H and O–H groups in total. The standard InChI is InChI=1S/C21H28N2O4S2/c1-4-27-19-10-8-17(9-11-19)14-22(3)21(24)18-6-5-13-23(15-18)29(25,26)20-12-7-16(2)28-20/h7-12,18H,4-6,13-15H2,1-3H3. The predicted octanol–water partition coefficient (Wildman–Crippen LogP) is 3.51. The van der Waals surface area contributed by atoms with Crippen molar-refractivity contribution >= 4 is 27.3 Å². The SMILES string of the molecule is CCOc1ccc(CN(C)C(=O)C2CCCN(S(=O)(=O)c3ccc(C)s3)C2)cc1. The first-order valence-corrected chi connectivity index (χ1v) is 12.1. The van der Waals surface area contributed by atoms with Gasteiger partial charge in [-0.3, -0.25) is 4.79 Å². The van der Waals surface area contributed by atoms with Gasteiger partial charge < -0.3 is 9.64 Å². The summed E-state index contributed by atoms with van der Waals surface area (Å²) < 4.78 is 33.1. The number of hydrogen-bond acceptors (Lipinski definition) is 5. The average Bonchev–Trinajstić information content (AvgIpc) is 3.16. The third kappa shape index (κ3) is 5.18. The fourth-order valence-corrected chi connectivity index (χ4v) is 6.52. The van der Waals surface area contributed by atoms with Crippen molar-refractivity contribution in [3.05, 3.63) is 46.8 Å². The number of sulfonamides is 1. The number of ether oxygens (including phenoxy) is 1. The second kappa shape index (κ2) is 9.28. The highest BCUT2D eigenvalue weighted by Gasteiger charge is 2.35. The Morgan fingerprint density at radius 2 is 1.97 bits per heavy atom. The summed E-state index contributed by atoms with van der Waals surface area (Å²) >= 11 is 1.28. The molecule has 1 aliphatic heterocycles. The second-order valence-corrected chi connectivity index (χ2v) is 10.8. The van der Waals surface area contributed by atoms with Crippen LogP contribution in [0.1, 0.15) is 30.2 Å². The molecule has 8 heteroatoms. The van der Waals surface area contributed by atoms with Crippen LogP contribution in [-0.2, 0) is 21.4 Å². The summed E-state index contributed by atoms with van der Waals surface area (Å²) in [5.74, 6) is 0.482. The van der Waals surface area contributed by atoms with Crippen LogP contribution in [-0.4, -0.2) is 50.3 Å². The Balaban J connectivity index is 1.64. The van der Waals surface area contributed by atoms with Gasteiger partial charge in [-0.05, 0) is 56.5 Å². The highest BCUT2D eigenvalue weighted by molar-refractivity contribution is 7.91. The van der Waals surface area contributed by atoms with Crippen LogP contribution >= 0.6 is 11.3 Å². The molecule has 158 valence electrons. The molecule has 29 heavy (non-hydrogen) atoms. The Labute approximate surface area is 177 Å². The number of nitrogens with zero attached hydrogens (tertiary/aromatic N) is 2. The largest absolute Gasteiger partial charge is 0.494 e. The molecule has 1 unspecified atom stereocenters. The van der Waals surface area contributed by atoms with E-state index < -0.39 is 10.0 Å². The first kappa shape index (κ1) is 21.8. The van der Waals surface area contributed by atoms with E-state index in [0.29, 0.717) is 36.7 Å². The molecule has 1 aliphatic rings. The van der Waals surface area contributed by atoms with E-state index >= 15 is 0 Å². The Morgan fingerprint density at radius 1 is 1.24 bits per heavy atom. The van der Waals surface area contributed by atoms with Crippen LogP contribution in [0.2, 0.25) is 0 Å². The van der Waals surface area contributed by atoms with Crippen LogP contribution in [0.5, 0.6) is 5.75 Å². The first-order valence-electron chi connectivity index (χ1n) is 9.84. The fraction of sp³-hybridized carbons (Fsp3) is 0.476. The minimum absolute atomic E-state index is 0.0128. The lowest BCUT2D eigenvalue weighted by Gasteiger charge is -2.33. The first-order chi connectivity index (χ1) is 13.8. The molecule has 6 nitrogen and oxygen atoms in total. The van der Waals surface area contributed by atoms with Crippen LogP contribution in [0.15, 0.2) is 40.6 Å². The zero-order valence-corrected chi connectivity index (χ0v) is 18.8. The maximum atomic E-state index is 13.0. The fourth-order valence-electron chi connectivity index (χ4n) is 3.56. The van der Waals surface area contributed by atoms with Gasteiger partial charge in [0.2, 0.25) is 5.91 Å². The van der Waals surface area contributed by atoms with E-state index in [1.807, 2.05) is 44.2 Å². The van der Waals surface area contributed by atoms with Crippen molar-refractivity contribution < 1.29 is 17.9 Å². The van der Waals surface area contributed by atoms with E-state index in [1.54, 1.807) is 18.0 Å². The molecule has 2 aromatic rings. The number of hydrogen-bond donors (Lipinski definition) is 0. The lowest BCUT2D eigenvalue weighted by atomic mass is 9.98. The van der Waals surface area contributed by atoms with E-state index in [9.17, 15) is 13.2 Å². The number of thiophene rings is 1. The summed E-state index contributed by atoms with van der Waals surface area (Å²) in [5.41, 5.74) is 1.01. The topological polar surface area (TPSA) is 66.9 Å². The van der Waals surface area contributed by atoms with Gasteiger partial charge in [0, 0.05) is 31.6 Å². The Hall–Kier alpha value is -1.90. The molecule has 1 atom stereocenters. The lowest BCUT2D eigenvalue weighted by Crippen LogP contribution is -2.45. The Bertz CT molecular complexity index is 938.